The number of alkyl halides is 3. The van der Waals surface area contributed by atoms with Gasteiger partial charge in [-0.05, 0) is 30.7 Å². The number of nitrogens with one attached hydrogen (secondary N) is 1. The average molecular weight is 313 g/mol. The molecule has 0 spiro atoms. The predicted octanol–water partition coefficient (Wildman–Crippen LogP) is 4.47. The van der Waals surface area contributed by atoms with E-state index < -0.39 is 11.7 Å². The third-order valence-corrected chi connectivity index (χ3v) is 3.40. The van der Waals surface area contributed by atoms with Crippen molar-refractivity contribution in [3.8, 4) is 0 Å². The summed E-state index contributed by atoms with van der Waals surface area (Å²) in [5.74, 6) is 0.227. The van der Waals surface area contributed by atoms with Gasteiger partial charge < -0.3 is 5.32 Å². The van der Waals surface area contributed by atoms with Crippen molar-refractivity contribution in [2.75, 3.05) is 11.9 Å². The molecule has 0 aliphatic rings. The van der Waals surface area contributed by atoms with Crippen LogP contribution in [0.25, 0.3) is 0 Å². The highest BCUT2D eigenvalue weighted by atomic mass is 32.2. The van der Waals surface area contributed by atoms with E-state index in [0.29, 0.717) is 11.6 Å². The van der Waals surface area contributed by atoms with Gasteiger partial charge in [0.15, 0.2) is 0 Å². The Morgan fingerprint density at radius 1 is 1.19 bits per heavy atom. The Morgan fingerprint density at radius 2 is 2.00 bits per heavy atom. The van der Waals surface area contributed by atoms with Crippen molar-refractivity contribution in [3.05, 3.63) is 42.1 Å². The molecule has 0 unspecified atom stereocenters. The van der Waals surface area contributed by atoms with Crippen molar-refractivity contribution in [1.29, 1.82) is 0 Å². The fourth-order valence-electron chi connectivity index (χ4n) is 1.58. The first-order valence-corrected chi connectivity index (χ1v) is 7.22. The van der Waals surface area contributed by atoms with Gasteiger partial charge in [-0.2, -0.15) is 13.2 Å². The van der Waals surface area contributed by atoms with Crippen LogP contribution in [0, 0.1) is 0 Å². The maximum Gasteiger partial charge on any atom is 0.416 e. The quantitative estimate of drug-likeness (QED) is 0.884. The standard InChI is InChI=1S/C14H14F3N3S/c1-2-6-18-11-8-10(14(15,16)17)9-13(20-11)21-12-5-3-4-7-19-12/h3-5,7-9H,2,6H2,1H3,(H,18,20). The highest BCUT2D eigenvalue weighted by molar-refractivity contribution is 7.99. The van der Waals surface area contributed by atoms with Crippen molar-refractivity contribution in [2.24, 2.45) is 0 Å². The Morgan fingerprint density at radius 3 is 2.62 bits per heavy atom. The minimum Gasteiger partial charge on any atom is -0.370 e. The van der Waals surface area contributed by atoms with Crippen molar-refractivity contribution in [3.63, 3.8) is 0 Å². The van der Waals surface area contributed by atoms with Crippen LogP contribution in [0.1, 0.15) is 18.9 Å². The predicted molar refractivity (Wildman–Crippen MR) is 76.4 cm³/mol. The Kier molecular flexibility index (Phi) is 5.06. The molecule has 3 nitrogen and oxygen atoms in total. The molecule has 2 heterocycles. The molecule has 2 aromatic heterocycles. The molecule has 0 atom stereocenters. The van der Waals surface area contributed by atoms with Crippen LogP contribution in [0.15, 0.2) is 46.6 Å². The molecule has 0 amide bonds. The lowest BCUT2D eigenvalue weighted by Crippen LogP contribution is -2.09. The van der Waals surface area contributed by atoms with Gasteiger partial charge in [-0.15, -0.1) is 0 Å². The van der Waals surface area contributed by atoms with E-state index in [9.17, 15) is 13.2 Å². The molecule has 0 fully saturated rings. The van der Waals surface area contributed by atoms with E-state index in [1.54, 1.807) is 24.4 Å². The fourth-order valence-corrected chi connectivity index (χ4v) is 2.38. The van der Waals surface area contributed by atoms with Gasteiger partial charge in [-0.25, -0.2) is 9.97 Å². The van der Waals surface area contributed by atoms with E-state index in [1.807, 2.05) is 6.92 Å². The molecule has 7 heteroatoms. The van der Waals surface area contributed by atoms with E-state index in [2.05, 4.69) is 15.3 Å². The zero-order valence-corrected chi connectivity index (χ0v) is 12.1. The van der Waals surface area contributed by atoms with Crippen molar-refractivity contribution in [2.45, 2.75) is 29.6 Å². The van der Waals surface area contributed by atoms with Crippen LogP contribution in [-0.2, 0) is 6.18 Å². The van der Waals surface area contributed by atoms with E-state index >= 15 is 0 Å². The van der Waals surface area contributed by atoms with Gasteiger partial charge in [0.05, 0.1) is 5.56 Å². The van der Waals surface area contributed by atoms with Gasteiger partial charge in [-0.3, -0.25) is 0 Å². The topological polar surface area (TPSA) is 37.8 Å². The second kappa shape index (κ2) is 6.80. The first-order chi connectivity index (χ1) is 9.99. The highest BCUT2D eigenvalue weighted by Gasteiger charge is 2.31. The molecule has 112 valence electrons. The number of hydrogen-bond acceptors (Lipinski definition) is 4. The minimum absolute atomic E-state index is 0.227. The third kappa shape index (κ3) is 4.63. The summed E-state index contributed by atoms with van der Waals surface area (Å²) in [7, 11) is 0. The monoisotopic (exact) mass is 313 g/mol. The summed E-state index contributed by atoms with van der Waals surface area (Å²) in [6, 6.07) is 7.32. The molecule has 0 radical (unpaired) electrons. The Balaban J connectivity index is 2.30. The van der Waals surface area contributed by atoms with Crippen LogP contribution in [0.2, 0.25) is 0 Å². The summed E-state index contributed by atoms with van der Waals surface area (Å²) in [6.45, 7) is 2.51. The van der Waals surface area contributed by atoms with Crippen LogP contribution in [0.4, 0.5) is 19.0 Å². The molecule has 0 bridgehead atoms. The molecule has 0 aliphatic heterocycles. The Bertz CT molecular complexity index is 588. The summed E-state index contributed by atoms with van der Waals surface area (Å²) < 4.78 is 38.8. The summed E-state index contributed by atoms with van der Waals surface area (Å²) in [5, 5.41) is 3.76. The lowest BCUT2D eigenvalue weighted by molar-refractivity contribution is -0.137. The van der Waals surface area contributed by atoms with Gasteiger partial charge >= 0.3 is 6.18 Å². The minimum atomic E-state index is -4.40. The number of rotatable bonds is 5. The number of pyridine rings is 2. The number of hydrogen-bond donors (Lipinski definition) is 1. The van der Waals surface area contributed by atoms with Gasteiger partial charge in [0, 0.05) is 12.7 Å². The second-order valence-electron chi connectivity index (χ2n) is 4.27. The lowest BCUT2D eigenvalue weighted by atomic mass is 10.2. The van der Waals surface area contributed by atoms with Crippen LogP contribution in [0.5, 0.6) is 0 Å². The van der Waals surface area contributed by atoms with Crippen molar-refractivity contribution >= 4 is 17.6 Å². The van der Waals surface area contributed by atoms with E-state index in [1.165, 1.54) is 0 Å². The molecule has 2 rings (SSSR count). The average Bonchev–Trinajstić information content (AvgIpc) is 2.45. The van der Waals surface area contributed by atoms with E-state index in [0.717, 1.165) is 30.3 Å². The van der Waals surface area contributed by atoms with Crippen LogP contribution in [0.3, 0.4) is 0 Å². The smallest absolute Gasteiger partial charge is 0.370 e. The maximum atomic E-state index is 12.9. The van der Waals surface area contributed by atoms with E-state index in [4.69, 9.17) is 0 Å². The molecule has 1 N–H and O–H groups in total. The second-order valence-corrected chi connectivity index (χ2v) is 5.31. The summed E-state index contributed by atoms with van der Waals surface area (Å²) in [6.07, 6.45) is -2.00. The number of anilines is 1. The van der Waals surface area contributed by atoms with Crippen LogP contribution >= 0.6 is 11.8 Å². The molecule has 0 saturated carbocycles. The Hall–Kier alpha value is -1.76. The molecule has 21 heavy (non-hydrogen) atoms. The van der Waals surface area contributed by atoms with E-state index in [-0.39, 0.29) is 10.8 Å². The molecular formula is C14H14F3N3S. The number of aromatic nitrogens is 2. The molecule has 0 aliphatic carbocycles. The first-order valence-electron chi connectivity index (χ1n) is 6.41. The summed E-state index contributed by atoms with van der Waals surface area (Å²) in [5.41, 5.74) is -0.713. The van der Waals surface area contributed by atoms with Gasteiger partial charge in [0.1, 0.15) is 15.9 Å². The Labute approximate surface area is 125 Å². The zero-order chi connectivity index (χ0) is 15.3. The van der Waals surface area contributed by atoms with Crippen LogP contribution in [-0.4, -0.2) is 16.5 Å². The van der Waals surface area contributed by atoms with Crippen molar-refractivity contribution in [1.82, 2.24) is 9.97 Å². The fraction of sp³-hybridized carbons (Fsp3) is 0.286. The molecule has 2 aromatic rings. The first kappa shape index (κ1) is 15.6. The molecular weight excluding hydrogens is 299 g/mol. The third-order valence-electron chi connectivity index (χ3n) is 2.53. The highest BCUT2D eigenvalue weighted by Crippen LogP contribution is 2.34. The maximum absolute atomic E-state index is 12.9. The zero-order valence-electron chi connectivity index (χ0n) is 11.3. The molecule has 0 aromatic carbocycles. The molecule has 0 saturated heterocycles. The SMILES string of the molecule is CCCNc1cc(C(F)(F)F)cc(Sc2ccccn2)n1. The van der Waals surface area contributed by atoms with Gasteiger partial charge in [0.2, 0.25) is 0 Å². The number of halogens is 3. The largest absolute Gasteiger partial charge is 0.416 e. The summed E-state index contributed by atoms with van der Waals surface area (Å²) in [4.78, 5) is 8.27. The number of nitrogens with zero attached hydrogens (tertiary/aromatic N) is 2. The van der Waals surface area contributed by atoms with Gasteiger partial charge in [-0.1, -0.05) is 24.8 Å². The van der Waals surface area contributed by atoms with Crippen LogP contribution < -0.4 is 5.32 Å². The van der Waals surface area contributed by atoms with Gasteiger partial charge in [0.25, 0.3) is 0 Å². The van der Waals surface area contributed by atoms with Crippen molar-refractivity contribution < 1.29 is 13.2 Å². The lowest BCUT2D eigenvalue weighted by Gasteiger charge is -2.12. The summed E-state index contributed by atoms with van der Waals surface area (Å²) >= 11 is 1.10. The normalized spacial score (nSPS) is 11.4.